The number of hydrogen-bond donors (Lipinski definition) is 1. The third-order valence-corrected chi connectivity index (χ3v) is 7.55. The number of aryl methyl sites for hydroxylation is 1. The SMILES string of the molecule is CC1CCc2c(sc3nc(SCc4cc([N+](=O)[O-])cc5c4OCOC5)nc(N)c23)C1. The van der Waals surface area contributed by atoms with Gasteiger partial charge in [0.15, 0.2) is 11.9 Å². The first-order valence-electron chi connectivity index (χ1n) is 9.71. The van der Waals surface area contributed by atoms with Gasteiger partial charge < -0.3 is 15.2 Å². The van der Waals surface area contributed by atoms with Gasteiger partial charge >= 0.3 is 0 Å². The molecule has 2 aromatic heterocycles. The Kier molecular flexibility index (Phi) is 5.00. The summed E-state index contributed by atoms with van der Waals surface area (Å²) in [7, 11) is 0. The van der Waals surface area contributed by atoms with E-state index in [1.807, 2.05) is 0 Å². The van der Waals surface area contributed by atoms with Gasteiger partial charge in [0.25, 0.3) is 5.69 Å². The van der Waals surface area contributed by atoms with E-state index in [1.54, 1.807) is 17.4 Å². The number of anilines is 1. The number of non-ortho nitro benzene ring substituents is 1. The van der Waals surface area contributed by atoms with Gasteiger partial charge in [0.2, 0.25) is 0 Å². The number of ether oxygens (including phenoxy) is 2. The van der Waals surface area contributed by atoms with Crippen LogP contribution in [0.15, 0.2) is 17.3 Å². The number of nitrogens with two attached hydrogens (primary N) is 1. The van der Waals surface area contributed by atoms with E-state index in [9.17, 15) is 10.1 Å². The number of aromatic nitrogens is 2. The third-order valence-electron chi connectivity index (χ3n) is 5.50. The predicted molar refractivity (Wildman–Crippen MR) is 116 cm³/mol. The summed E-state index contributed by atoms with van der Waals surface area (Å²) in [4.78, 5) is 22.5. The smallest absolute Gasteiger partial charge is 0.270 e. The van der Waals surface area contributed by atoms with Crippen molar-refractivity contribution >= 4 is 44.8 Å². The summed E-state index contributed by atoms with van der Waals surface area (Å²) >= 11 is 3.11. The zero-order valence-electron chi connectivity index (χ0n) is 16.3. The zero-order chi connectivity index (χ0) is 20.8. The molecule has 0 amide bonds. The first-order valence-corrected chi connectivity index (χ1v) is 11.5. The highest BCUT2D eigenvalue weighted by molar-refractivity contribution is 7.98. The fourth-order valence-electron chi connectivity index (χ4n) is 4.05. The standard InChI is InChI=1S/C20H20N4O4S2/c1-10-2-3-14-15(4-10)30-19-16(14)18(21)22-20(23-19)29-8-12-6-13(24(25)26)5-11-7-27-9-28-17(11)12/h5-6,10H,2-4,7-9H2,1H3,(H2,21,22,23). The topological polar surface area (TPSA) is 113 Å². The lowest BCUT2D eigenvalue weighted by Crippen LogP contribution is -2.13. The van der Waals surface area contributed by atoms with Gasteiger partial charge in [0.1, 0.15) is 16.4 Å². The summed E-state index contributed by atoms with van der Waals surface area (Å²) < 4.78 is 10.9. The minimum absolute atomic E-state index is 0.0226. The molecule has 0 saturated carbocycles. The Bertz CT molecular complexity index is 1160. The second kappa shape index (κ2) is 7.68. The van der Waals surface area contributed by atoms with Gasteiger partial charge in [-0.15, -0.1) is 11.3 Å². The van der Waals surface area contributed by atoms with E-state index in [0.29, 0.717) is 40.6 Å². The number of nitro groups is 1. The fourth-order valence-corrected chi connectivity index (χ4v) is 6.32. The maximum atomic E-state index is 11.3. The lowest BCUT2D eigenvalue weighted by Gasteiger charge is -2.20. The Morgan fingerprint density at radius 3 is 3.10 bits per heavy atom. The lowest BCUT2D eigenvalue weighted by molar-refractivity contribution is -0.385. The van der Waals surface area contributed by atoms with Crippen molar-refractivity contribution in [2.24, 2.45) is 5.92 Å². The summed E-state index contributed by atoms with van der Waals surface area (Å²) in [6.45, 7) is 2.71. The van der Waals surface area contributed by atoms with E-state index in [-0.39, 0.29) is 12.5 Å². The molecule has 0 saturated heterocycles. The second-order valence-corrected chi connectivity index (χ2v) is 9.70. The molecule has 3 aromatic rings. The molecule has 1 aliphatic carbocycles. The fraction of sp³-hybridized carbons (Fsp3) is 0.400. The quantitative estimate of drug-likeness (QED) is 0.271. The van der Waals surface area contributed by atoms with Crippen molar-refractivity contribution in [1.29, 1.82) is 0 Å². The van der Waals surface area contributed by atoms with Gasteiger partial charge in [0, 0.05) is 33.9 Å². The van der Waals surface area contributed by atoms with Crippen molar-refractivity contribution in [2.75, 3.05) is 12.5 Å². The summed E-state index contributed by atoms with van der Waals surface area (Å²) in [5.41, 5.74) is 9.06. The van der Waals surface area contributed by atoms with Crippen LogP contribution in [-0.2, 0) is 29.9 Å². The summed E-state index contributed by atoms with van der Waals surface area (Å²) in [5, 5.41) is 12.9. The van der Waals surface area contributed by atoms with Crippen molar-refractivity contribution < 1.29 is 14.4 Å². The van der Waals surface area contributed by atoms with Gasteiger partial charge in [-0.3, -0.25) is 10.1 Å². The van der Waals surface area contributed by atoms with Crippen LogP contribution in [0, 0.1) is 16.0 Å². The largest absolute Gasteiger partial charge is 0.467 e. The van der Waals surface area contributed by atoms with E-state index in [2.05, 4.69) is 11.9 Å². The highest BCUT2D eigenvalue weighted by Gasteiger charge is 2.24. The molecule has 5 rings (SSSR count). The van der Waals surface area contributed by atoms with Gasteiger partial charge in [-0.2, -0.15) is 0 Å². The molecule has 1 atom stereocenters. The second-order valence-electron chi connectivity index (χ2n) is 7.67. The number of hydrogen-bond acceptors (Lipinski definition) is 9. The molecule has 0 bridgehead atoms. The maximum Gasteiger partial charge on any atom is 0.270 e. The molecule has 10 heteroatoms. The van der Waals surface area contributed by atoms with Gasteiger partial charge in [-0.1, -0.05) is 18.7 Å². The molecule has 30 heavy (non-hydrogen) atoms. The lowest BCUT2D eigenvalue weighted by atomic mass is 9.89. The number of fused-ring (bicyclic) bond motifs is 4. The van der Waals surface area contributed by atoms with E-state index in [4.69, 9.17) is 20.2 Å². The van der Waals surface area contributed by atoms with Gasteiger partial charge in [0.05, 0.1) is 16.9 Å². The molecule has 3 heterocycles. The Morgan fingerprint density at radius 2 is 2.27 bits per heavy atom. The molecular formula is C20H20N4O4S2. The van der Waals surface area contributed by atoms with Gasteiger partial charge in [-0.05, 0) is 30.7 Å². The van der Waals surface area contributed by atoms with E-state index in [0.717, 1.165) is 35.0 Å². The summed E-state index contributed by atoms with van der Waals surface area (Å²) in [6.07, 6.45) is 3.25. The first-order chi connectivity index (χ1) is 14.5. The van der Waals surface area contributed by atoms with Crippen LogP contribution in [0.2, 0.25) is 0 Å². The van der Waals surface area contributed by atoms with Crippen molar-refractivity contribution in [3.05, 3.63) is 43.8 Å². The Morgan fingerprint density at radius 1 is 1.40 bits per heavy atom. The molecule has 0 fully saturated rings. The van der Waals surface area contributed by atoms with E-state index in [1.165, 1.54) is 28.3 Å². The van der Waals surface area contributed by atoms with E-state index < -0.39 is 4.92 Å². The van der Waals surface area contributed by atoms with Crippen molar-refractivity contribution in [3.63, 3.8) is 0 Å². The van der Waals surface area contributed by atoms with Crippen LogP contribution in [0.5, 0.6) is 5.75 Å². The average Bonchev–Trinajstić information content (AvgIpc) is 3.09. The van der Waals surface area contributed by atoms with Crippen molar-refractivity contribution in [1.82, 2.24) is 9.97 Å². The maximum absolute atomic E-state index is 11.3. The molecule has 8 nitrogen and oxygen atoms in total. The highest BCUT2D eigenvalue weighted by Crippen LogP contribution is 2.41. The molecule has 0 spiro atoms. The number of nitrogens with zero attached hydrogens (tertiary/aromatic N) is 3. The Labute approximate surface area is 181 Å². The zero-order valence-corrected chi connectivity index (χ0v) is 18.0. The highest BCUT2D eigenvalue weighted by atomic mass is 32.2. The number of thiophene rings is 1. The first kappa shape index (κ1) is 19.5. The minimum Gasteiger partial charge on any atom is -0.467 e. The molecule has 1 aliphatic heterocycles. The summed E-state index contributed by atoms with van der Waals surface area (Å²) in [5.74, 6) is 2.28. The molecular weight excluding hydrogens is 424 g/mol. The van der Waals surface area contributed by atoms with Crippen LogP contribution >= 0.6 is 23.1 Å². The van der Waals surface area contributed by atoms with E-state index >= 15 is 0 Å². The normalized spacial score (nSPS) is 18.0. The van der Waals surface area contributed by atoms with Crippen molar-refractivity contribution in [2.45, 2.75) is 43.7 Å². The van der Waals surface area contributed by atoms with Crippen LogP contribution in [0.3, 0.4) is 0 Å². The number of thioether (sulfide) groups is 1. The molecule has 1 unspecified atom stereocenters. The van der Waals surface area contributed by atoms with Crippen LogP contribution in [-0.4, -0.2) is 21.7 Å². The Hall–Kier alpha value is -2.43. The van der Waals surface area contributed by atoms with Gasteiger partial charge in [-0.25, -0.2) is 9.97 Å². The predicted octanol–water partition coefficient (Wildman–Crippen LogP) is 4.47. The monoisotopic (exact) mass is 444 g/mol. The summed E-state index contributed by atoms with van der Waals surface area (Å²) in [6, 6.07) is 3.05. The number of benzene rings is 1. The number of nitrogen functional groups attached to an aromatic ring is 1. The van der Waals surface area contributed by atoms with Crippen LogP contribution in [0.4, 0.5) is 11.5 Å². The number of nitro benzene ring substituents is 1. The molecule has 0 radical (unpaired) electrons. The van der Waals surface area contributed by atoms with Crippen LogP contribution in [0.25, 0.3) is 10.2 Å². The molecule has 2 N–H and O–H groups in total. The molecule has 156 valence electrons. The molecule has 1 aromatic carbocycles. The molecule has 2 aliphatic rings. The average molecular weight is 445 g/mol. The third kappa shape index (κ3) is 3.48. The van der Waals surface area contributed by atoms with Crippen LogP contribution in [0.1, 0.15) is 34.9 Å². The number of rotatable bonds is 4. The van der Waals surface area contributed by atoms with Crippen LogP contribution < -0.4 is 10.5 Å². The van der Waals surface area contributed by atoms with Crippen molar-refractivity contribution in [3.8, 4) is 5.75 Å². The Balaban J connectivity index is 1.46. The minimum atomic E-state index is -0.402.